The highest BCUT2D eigenvalue weighted by Gasteiger charge is 2.68. The lowest BCUT2D eigenvalue weighted by atomic mass is 9.80. The average Bonchev–Trinajstić information content (AvgIpc) is 4.06. The van der Waals surface area contributed by atoms with E-state index < -0.39 is 25.9 Å². The van der Waals surface area contributed by atoms with Gasteiger partial charge in [-0.15, -0.1) is 5.54 Å². The van der Waals surface area contributed by atoms with E-state index in [0.717, 1.165) is 62.4 Å². The Morgan fingerprint density at radius 1 is 0.982 bits per heavy atom. The Morgan fingerprint density at radius 3 is 2.47 bits per heavy atom. The van der Waals surface area contributed by atoms with Gasteiger partial charge in [-0.3, -0.25) is 9.88 Å². The fourth-order valence-corrected chi connectivity index (χ4v) is 16.8. The zero-order valence-electron chi connectivity index (χ0n) is 33.9. The molecule has 300 valence electrons. The first-order valence-corrected chi connectivity index (χ1v) is 23.3. The smallest absolute Gasteiger partial charge is 0.319 e. The van der Waals surface area contributed by atoms with Crippen LogP contribution in [-0.4, -0.2) is 71.9 Å². The molecule has 3 aliphatic heterocycles. The van der Waals surface area contributed by atoms with Crippen LogP contribution in [-0.2, 0) is 0 Å². The summed E-state index contributed by atoms with van der Waals surface area (Å²) in [7, 11) is -2.25. The van der Waals surface area contributed by atoms with Crippen LogP contribution in [0.25, 0.3) is 32.9 Å². The minimum Gasteiger partial charge on any atom is -0.461 e. The maximum atomic E-state index is 17.5. The molecule has 4 atom stereocenters. The molecule has 2 aromatic carbocycles. The number of pyridine rings is 1. The van der Waals surface area contributed by atoms with E-state index in [1.165, 1.54) is 6.07 Å². The van der Waals surface area contributed by atoms with Crippen LogP contribution in [0.15, 0.2) is 48.4 Å². The van der Waals surface area contributed by atoms with Crippen LogP contribution in [0.4, 0.5) is 23.4 Å². The van der Waals surface area contributed by atoms with Crippen molar-refractivity contribution in [2.75, 3.05) is 31.1 Å². The van der Waals surface area contributed by atoms with Gasteiger partial charge in [0.1, 0.15) is 43.7 Å². The Hall–Kier alpha value is -4.01. The Morgan fingerprint density at radius 2 is 1.75 bits per heavy atom. The van der Waals surface area contributed by atoms with Crippen molar-refractivity contribution in [1.29, 1.82) is 0 Å². The highest BCUT2D eigenvalue weighted by atomic mass is 28.3. The minimum absolute atomic E-state index is 0.00739. The molecule has 5 aliphatic rings. The molecule has 57 heavy (non-hydrogen) atoms. The zero-order chi connectivity index (χ0) is 40.0. The number of benzene rings is 2. The van der Waals surface area contributed by atoms with Crippen LogP contribution in [0.1, 0.15) is 92.1 Å². The van der Waals surface area contributed by atoms with Crippen LogP contribution in [0.3, 0.4) is 0 Å². The number of anilines is 1. The van der Waals surface area contributed by atoms with Crippen molar-refractivity contribution in [3.05, 3.63) is 65.6 Å². The summed E-state index contributed by atoms with van der Waals surface area (Å²) in [5.74, 6) is 2.50. The first-order valence-electron chi connectivity index (χ1n) is 21.0. The third kappa shape index (κ3) is 5.93. The quantitative estimate of drug-likeness (QED) is 0.101. The maximum Gasteiger partial charge on any atom is 0.319 e. The first-order chi connectivity index (χ1) is 27.4. The second-order valence-electron chi connectivity index (χ2n) is 18.5. The summed E-state index contributed by atoms with van der Waals surface area (Å²) in [6.45, 7) is 15.6. The Balaban J connectivity index is 1.19. The summed E-state index contributed by atoms with van der Waals surface area (Å²) in [5, 5.41) is 1.60. The van der Waals surface area contributed by atoms with Crippen molar-refractivity contribution in [2.45, 2.75) is 121 Å². The van der Waals surface area contributed by atoms with Crippen LogP contribution in [0.2, 0.25) is 16.6 Å². The summed E-state index contributed by atoms with van der Waals surface area (Å²) in [4.78, 5) is 18.7. The van der Waals surface area contributed by atoms with Crippen LogP contribution in [0, 0.1) is 34.4 Å². The molecule has 5 heterocycles. The molecule has 2 saturated carbocycles. The summed E-state index contributed by atoms with van der Waals surface area (Å²) in [6, 6.07) is 8.26. The van der Waals surface area contributed by atoms with Crippen molar-refractivity contribution in [1.82, 2.24) is 19.9 Å². The van der Waals surface area contributed by atoms with Crippen molar-refractivity contribution in [3.63, 3.8) is 0 Å². The number of hydrogen-bond acceptors (Lipinski definition) is 6. The second-order valence-corrected chi connectivity index (χ2v) is 24.1. The van der Waals surface area contributed by atoms with E-state index in [9.17, 15) is 4.39 Å². The van der Waals surface area contributed by atoms with Crippen LogP contribution in [0.5, 0.6) is 6.01 Å². The van der Waals surface area contributed by atoms with E-state index in [1.54, 1.807) is 18.3 Å². The number of halogens is 4. The van der Waals surface area contributed by atoms with Crippen LogP contribution < -0.4 is 9.64 Å². The van der Waals surface area contributed by atoms with Gasteiger partial charge in [0.2, 0.25) is 0 Å². The number of rotatable bonds is 8. The molecule has 2 aromatic heterocycles. The summed E-state index contributed by atoms with van der Waals surface area (Å²) in [6.07, 6.45) is 7.60. The Labute approximate surface area is 334 Å². The standard InChI is InChI=1S/C46H53F4N5OSi/c1-27(2)57(28(3)4,29(5)6)21-15-32-36(48)14-13-31-10-9-12-33(37(31)32)40-39(50)41-35(24-51-40)43(55-19-8-7-11-34-38(49)42(34)55)53-44(52-41)56-26-46-22-30(23-47)25-54(46)20-18-45(46)16-17-45/h9-10,12-14,23-24,27-29,34,38,42H,7-8,11,16-20,22,25-26H2,1-6H3/b30-23+/t34-,38-,42-,46-/m0/s1. The molecular weight excluding hydrogens is 743 g/mol. The van der Waals surface area contributed by atoms with Gasteiger partial charge in [-0.25, -0.2) is 17.6 Å². The third-order valence-electron chi connectivity index (χ3n) is 14.8. The number of nitrogens with zero attached hydrogens (tertiary/aromatic N) is 5. The van der Waals surface area contributed by atoms with Gasteiger partial charge in [-0.05, 0) is 84.1 Å². The molecule has 0 radical (unpaired) electrons. The summed E-state index contributed by atoms with van der Waals surface area (Å²) >= 11 is 0. The largest absolute Gasteiger partial charge is 0.461 e. The van der Waals surface area contributed by atoms with Gasteiger partial charge in [0.05, 0.1) is 28.9 Å². The number of hydrogen-bond donors (Lipinski definition) is 0. The third-order valence-corrected chi connectivity index (χ3v) is 21.1. The Kier molecular flexibility index (Phi) is 9.51. The van der Waals surface area contributed by atoms with Crippen LogP contribution >= 0.6 is 0 Å². The van der Waals surface area contributed by atoms with Gasteiger partial charge in [0, 0.05) is 36.2 Å². The lowest BCUT2D eigenvalue weighted by Crippen LogP contribution is -2.49. The predicted molar refractivity (Wildman–Crippen MR) is 221 cm³/mol. The van der Waals surface area contributed by atoms with E-state index in [-0.39, 0.29) is 52.3 Å². The molecule has 6 nitrogen and oxygen atoms in total. The molecule has 0 N–H and O–H groups in total. The van der Waals surface area contributed by atoms with E-state index >= 15 is 13.2 Å². The molecule has 4 aromatic rings. The topological polar surface area (TPSA) is 54.4 Å². The lowest BCUT2D eigenvalue weighted by Gasteiger charge is -2.38. The van der Waals surface area contributed by atoms with Crippen molar-refractivity contribution >= 4 is 35.6 Å². The number of aromatic nitrogens is 3. The maximum absolute atomic E-state index is 17.5. The molecule has 0 unspecified atom stereocenters. The average molecular weight is 796 g/mol. The molecule has 11 heteroatoms. The van der Waals surface area contributed by atoms with Crippen molar-refractivity contribution < 1.29 is 22.3 Å². The van der Waals surface area contributed by atoms with E-state index in [2.05, 4.69) is 57.9 Å². The fraction of sp³-hybridized carbons (Fsp3) is 0.543. The SMILES string of the molecule is CC(C)[Si](C#Cc1c(F)ccc2cccc(-c3ncc4c(N5CCCC[C@H]6[C@H](F)[C@H]65)nc(OC[C@]56C/C(=C\F)CN5CCC65CC5)nc4c3F)c12)(C(C)C)C(C)C. The number of fused-ring (bicyclic) bond motifs is 5. The summed E-state index contributed by atoms with van der Waals surface area (Å²) in [5.41, 5.74) is 5.82. The highest BCUT2D eigenvalue weighted by molar-refractivity contribution is 6.90. The summed E-state index contributed by atoms with van der Waals surface area (Å²) < 4.78 is 69.4. The number of alkyl halides is 1. The van der Waals surface area contributed by atoms with Gasteiger partial charge < -0.3 is 9.64 Å². The molecule has 0 amide bonds. The number of ether oxygens (including phenoxy) is 1. The van der Waals surface area contributed by atoms with Gasteiger partial charge in [-0.1, -0.05) is 78.1 Å². The minimum atomic E-state index is -2.25. The van der Waals surface area contributed by atoms with Crippen molar-refractivity contribution in [3.8, 4) is 28.7 Å². The van der Waals surface area contributed by atoms with E-state index in [4.69, 9.17) is 19.7 Å². The predicted octanol–water partition coefficient (Wildman–Crippen LogP) is 10.9. The van der Waals surface area contributed by atoms with Gasteiger partial charge >= 0.3 is 6.01 Å². The monoisotopic (exact) mass is 795 g/mol. The first kappa shape index (κ1) is 38.5. The molecule has 5 fully saturated rings. The molecule has 0 bridgehead atoms. The molecule has 1 spiro atoms. The van der Waals surface area contributed by atoms with E-state index in [0.29, 0.717) is 58.3 Å². The fourth-order valence-electron chi connectivity index (χ4n) is 11.6. The van der Waals surface area contributed by atoms with Crippen molar-refractivity contribution in [2.24, 2.45) is 11.3 Å². The molecule has 3 saturated heterocycles. The lowest BCUT2D eigenvalue weighted by molar-refractivity contribution is 0.0649. The van der Waals surface area contributed by atoms with Gasteiger partial charge in [-0.2, -0.15) is 9.97 Å². The molecular formula is C46H53F4N5OSi. The molecule has 2 aliphatic carbocycles. The normalized spacial score (nSPS) is 26.1. The highest BCUT2D eigenvalue weighted by Crippen LogP contribution is 2.66. The Bertz CT molecular complexity index is 2330. The zero-order valence-corrected chi connectivity index (χ0v) is 34.9. The molecule has 9 rings (SSSR count). The van der Waals surface area contributed by atoms with Gasteiger partial charge in [0.25, 0.3) is 0 Å². The van der Waals surface area contributed by atoms with E-state index in [1.807, 2.05) is 17.0 Å². The second kappa shape index (κ2) is 14.1. The van der Waals surface area contributed by atoms with Gasteiger partial charge in [0.15, 0.2) is 5.82 Å².